The number of likely N-dealkylation sites (N-methyl/N-ethyl adjacent to an activating group) is 1. The van der Waals surface area contributed by atoms with Gasteiger partial charge in [0.2, 0.25) is 0 Å². The van der Waals surface area contributed by atoms with E-state index in [0.29, 0.717) is 0 Å². The van der Waals surface area contributed by atoms with E-state index in [-0.39, 0.29) is 6.10 Å². The van der Waals surface area contributed by atoms with Crippen molar-refractivity contribution in [1.82, 2.24) is 4.90 Å². The third-order valence-corrected chi connectivity index (χ3v) is 4.79. The number of aliphatic hydroxyl groups excluding tert-OH is 1. The molecule has 3 heteroatoms. The van der Waals surface area contributed by atoms with Crippen LogP contribution in [-0.4, -0.2) is 42.5 Å². The molecule has 0 aliphatic carbocycles. The van der Waals surface area contributed by atoms with Crippen molar-refractivity contribution in [2.75, 3.05) is 20.1 Å². The molecule has 0 amide bonds. The van der Waals surface area contributed by atoms with Gasteiger partial charge >= 0.3 is 0 Å². The van der Waals surface area contributed by atoms with Gasteiger partial charge in [-0.2, -0.15) is 0 Å². The van der Waals surface area contributed by atoms with Crippen LogP contribution in [0.5, 0.6) is 0 Å². The highest BCUT2D eigenvalue weighted by atomic mass is 16.3. The molecule has 0 aromatic carbocycles. The number of nitrogens with zero attached hydrogens (tertiary/aromatic N) is 1. The lowest BCUT2D eigenvalue weighted by molar-refractivity contribution is -0.107. The largest absolute Gasteiger partial charge is 0.392 e. The molecule has 1 N–H and O–H groups in total. The Morgan fingerprint density at radius 1 is 0.875 bits per heavy atom. The molecular weight excluding hydrogens is 298 g/mol. The molecule has 0 saturated carbocycles. The minimum atomic E-state index is -0.0509. The number of likely N-dealkylation sites (tertiary alicyclic amines) is 1. The van der Waals surface area contributed by atoms with E-state index in [0.717, 1.165) is 38.6 Å². The Hall–Kier alpha value is -0.410. The molecule has 1 atom stereocenters. The Balaban J connectivity index is 0.000000620. The first-order valence-electron chi connectivity index (χ1n) is 10.5. The Kier molecular flexibility index (Phi) is 18.6. The van der Waals surface area contributed by atoms with Crippen LogP contribution in [0.15, 0.2) is 0 Å². The molecular formula is C21H43NO2. The third-order valence-electron chi connectivity index (χ3n) is 4.79. The number of carbonyl (C=O) groups is 1. The van der Waals surface area contributed by atoms with Gasteiger partial charge in [0, 0.05) is 19.5 Å². The molecule has 1 rings (SSSR count). The number of hydrogen-bond donors (Lipinski definition) is 1. The molecule has 1 unspecified atom stereocenters. The van der Waals surface area contributed by atoms with E-state index in [1.165, 1.54) is 77.0 Å². The average molecular weight is 342 g/mol. The van der Waals surface area contributed by atoms with E-state index in [1.807, 2.05) is 7.05 Å². The lowest BCUT2D eigenvalue weighted by atomic mass is 10.0. The molecule has 0 bridgehead atoms. The molecule has 24 heavy (non-hydrogen) atoms. The zero-order chi connectivity index (χ0) is 17.9. The SMILES string of the molecule is CCCCCCCCCCCCCCCC=O.CN1CCC(O)C1. The summed E-state index contributed by atoms with van der Waals surface area (Å²) in [7, 11) is 2.02. The van der Waals surface area contributed by atoms with Crippen LogP contribution in [0.2, 0.25) is 0 Å². The molecule has 1 aliphatic heterocycles. The molecule has 0 aromatic rings. The van der Waals surface area contributed by atoms with Gasteiger partial charge in [0.15, 0.2) is 0 Å². The molecule has 0 aromatic heterocycles. The summed E-state index contributed by atoms with van der Waals surface area (Å²) < 4.78 is 0. The maximum atomic E-state index is 10.1. The smallest absolute Gasteiger partial charge is 0.119 e. The fraction of sp³-hybridized carbons (Fsp3) is 0.952. The summed E-state index contributed by atoms with van der Waals surface area (Å²) in [5.41, 5.74) is 0. The van der Waals surface area contributed by atoms with E-state index in [9.17, 15) is 4.79 Å². The van der Waals surface area contributed by atoms with Crippen LogP contribution in [0.1, 0.15) is 103 Å². The van der Waals surface area contributed by atoms with E-state index in [1.54, 1.807) is 0 Å². The number of rotatable bonds is 14. The Labute approximate surface area is 151 Å². The van der Waals surface area contributed by atoms with Crippen molar-refractivity contribution in [2.24, 2.45) is 0 Å². The van der Waals surface area contributed by atoms with Crippen molar-refractivity contribution in [3.05, 3.63) is 0 Å². The first kappa shape index (κ1) is 23.6. The molecule has 3 nitrogen and oxygen atoms in total. The minimum Gasteiger partial charge on any atom is -0.392 e. The average Bonchev–Trinajstić information content (AvgIpc) is 2.95. The first-order valence-corrected chi connectivity index (χ1v) is 10.5. The summed E-state index contributed by atoms with van der Waals surface area (Å²) in [4.78, 5) is 12.2. The highest BCUT2D eigenvalue weighted by molar-refractivity contribution is 5.48. The second-order valence-electron chi connectivity index (χ2n) is 7.40. The van der Waals surface area contributed by atoms with Gasteiger partial charge in [0.1, 0.15) is 6.29 Å². The van der Waals surface area contributed by atoms with Crippen LogP contribution in [0, 0.1) is 0 Å². The van der Waals surface area contributed by atoms with Gasteiger partial charge in [0.25, 0.3) is 0 Å². The monoisotopic (exact) mass is 341 g/mol. The predicted molar refractivity (Wildman–Crippen MR) is 104 cm³/mol. The third kappa shape index (κ3) is 17.9. The molecule has 0 radical (unpaired) electrons. The fourth-order valence-corrected chi connectivity index (χ4v) is 3.16. The van der Waals surface area contributed by atoms with E-state index in [4.69, 9.17) is 5.11 Å². The second-order valence-corrected chi connectivity index (χ2v) is 7.40. The van der Waals surface area contributed by atoms with Crippen LogP contribution >= 0.6 is 0 Å². The van der Waals surface area contributed by atoms with Gasteiger partial charge in [-0.05, 0) is 19.9 Å². The molecule has 144 valence electrons. The molecule has 0 spiro atoms. The van der Waals surface area contributed by atoms with Crippen LogP contribution in [0.3, 0.4) is 0 Å². The summed E-state index contributed by atoms with van der Waals surface area (Å²) in [6.45, 7) is 4.19. The molecule has 1 heterocycles. The summed E-state index contributed by atoms with van der Waals surface area (Å²) >= 11 is 0. The molecule has 1 aliphatic rings. The van der Waals surface area contributed by atoms with Gasteiger partial charge in [-0.1, -0.05) is 84.0 Å². The van der Waals surface area contributed by atoms with Crippen LogP contribution < -0.4 is 0 Å². The van der Waals surface area contributed by atoms with Crippen molar-refractivity contribution >= 4 is 6.29 Å². The summed E-state index contributed by atoms with van der Waals surface area (Å²) in [5.74, 6) is 0. The lowest BCUT2D eigenvalue weighted by Crippen LogP contribution is -2.15. The Morgan fingerprint density at radius 2 is 1.33 bits per heavy atom. The van der Waals surface area contributed by atoms with Gasteiger partial charge in [0.05, 0.1) is 6.10 Å². The topological polar surface area (TPSA) is 40.5 Å². The van der Waals surface area contributed by atoms with Crippen molar-refractivity contribution < 1.29 is 9.90 Å². The Bertz CT molecular complexity index is 250. The maximum absolute atomic E-state index is 10.1. The van der Waals surface area contributed by atoms with Crippen molar-refractivity contribution in [2.45, 2.75) is 109 Å². The van der Waals surface area contributed by atoms with Crippen molar-refractivity contribution in [1.29, 1.82) is 0 Å². The fourth-order valence-electron chi connectivity index (χ4n) is 3.16. The van der Waals surface area contributed by atoms with Gasteiger partial charge < -0.3 is 14.8 Å². The Morgan fingerprint density at radius 3 is 1.62 bits per heavy atom. The van der Waals surface area contributed by atoms with Crippen LogP contribution in [0.25, 0.3) is 0 Å². The number of unbranched alkanes of at least 4 members (excludes halogenated alkanes) is 13. The lowest BCUT2D eigenvalue weighted by Gasteiger charge is -2.02. The highest BCUT2D eigenvalue weighted by Gasteiger charge is 2.15. The van der Waals surface area contributed by atoms with Gasteiger partial charge in [-0.3, -0.25) is 0 Å². The number of aldehydes is 1. The standard InChI is InChI=1S/C16H32O.C5H11NO/c1-2-3-4-5-6-7-8-9-10-11-12-13-14-15-16-17;1-6-3-2-5(7)4-6/h16H,2-15H2,1H3;5,7H,2-4H2,1H3. The number of carbonyl (C=O) groups excluding carboxylic acids is 1. The molecule has 1 saturated heterocycles. The zero-order valence-electron chi connectivity index (χ0n) is 16.5. The summed E-state index contributed by atoms with van der Waals surface area (Å²) in [6.07, 6.45) is 20.5. The van der Waals surface area contributed by atoms with Gasteiger partial charge in [-0.15, -0.1) is 0 Å². The van der Waals surface area contributed by atoms with Crippen molar-refractivity contribution in [3.63, 3.8) is 0 Å². The van der Waals surface area contributed by atoms with E-state index >= 15 is 0 Å². The summed E-state index contributed by atoms with van der Waals surface area (Å²) in [5, 5.41) is 8.86. The molecule has 1 fully saturated rings. The van der Waals surface area contributed by atoms with Crippen LogP contribution in [-0.2, 0) is 4.79 Å². The zero-order valence-corrected chi connectivity index (χ0v) is 16.5. The number of aliphatic hydroxyl groups is 1. The minimum absolute atomic E-state index is 0.0509. The maximum Gasteiger partial charge on any atom is 0.119 e. The first-order chi connectivity index (χ1) is 11.7. The number of β-amino-alcohol motifs (C(OH)–C–C–N with tert-alkyl or cyclic N) is 1. The van der Waals surface area contributed by atoms with Crippen LogP contribution in [0.4, 0.5) is 0 Å². The predicted octanol–water partition coefficient (Wildman–Crippen LogP) is 5.35. The quantitative estimate of drug-likeness (QED) is 0.342. The normalized spacial score (nSPS) is 17.5. The highest BCUT2D eigenvalue weighted by Crippen LogP contribution is 2.12. The number of hydrogen-bond acceptors (Lipinski definition) is 3. The van der Waals surface area contributed by atoms with Gasteiger partial charge in [-0.25, -0.2) is 0 Å². The van der Waals surface area contributed by atoms with E-state index in [2.05, 4.69) is 11.8 Å². The van der Waals surface area contributed by atoms with E-state index < -0.39 is 0 Å². The summed E-state index contributed by atoms with van der Waals surface area (Å²) in [6, 6.07) is 0. The van der Waals surface area contributed by atoms with Crippen molar-refractivity contribution in [3.8, 4) is 0 Å². The second kappa shape index (κ2) is 18.9.